The molecule has 0 saturated heterocycles. The number of halogens is 1. The Balaban J connectivity index is 1.97. The van der Waals surface area contributed by atoms with E-state index in [0.29, 0.717) is 29.4 Å². The van der Waals surface area contributed by atoms with Gasteiger partial charge in [0.05, 0.1) is 11.5 Å². The number of amides is 1. The van der Waals surface area contributed by atoms with Crippen molar-refractivity contribution >= 4 is 27.8 Å². The molecule has 0 spiro atoms. The summed E-state index contributed by atoms with van der Waals surface area (Å²) < 4.78 is 0.496. The van der Waals surface area contributed by atoms with Gasteiger partial charge in [0.15, 0.2) is 0 Å². The summed E-state index contributed by atoms with van der Waals surface area (Å²) in [5.41, 5.74) is 0.469. The molecule has 6 heteroatoms. The summed E-state index contributed by atoms with van der Waals surface area (Å²) in [6, 6.07) is 3.30. The van der Waals surface area contributed by atoms with E-state index in [1.807, 2.05) is 0 Å². The van der Waals surface area contributed by atoms with Gasteiger partial charge in [0.1, 0.15) is 4.60 Å². The molecule has 1 aliphatic rings. The molecule has 5 nitrogen and oxygen atoms in total. The second-order valence-electron chi connectivity index (χ2n) is 4.36. The van der Waals surface area contributed by atoms with Crippen molar-refractivity contribution in [3.63, 3.8) is 0 Å². The van der Waals surface area contributed by atoms with Crippen LogP contribution in [-0.2, 0) is 4.79 Å². The summed E-state index contributed by atoms with van der Waals surface area (Å²) >= 11 is 3.22. The zero-order valence-electron chi connectivity index (χ0n) is 9.60. The first-order valence-electron chi connectivity index (χ1n) is 5.72. The third kappa shape index (κ3) is 2.87. The number of carboxylic acids is 1. The third-order valence-electron chi connectivity index (χ3n) is 3.12. The Morgan fingerprint density at radius 3 is 2.83 bits per heavy atom. The number of hydrogen-bond donors (Lipinski definition) is 2. The quantitative estimate of drug-likeness (QED) is 0.834. The molecule has 2 unspecified atom stereocenters. The minimum atomic E-state index is -0.783. The Labute approximate surface area is 113 Å². The molecule has 18 heavy (non-hydrogen) atoms. The number of carboxylic acid groups (broad SMARTS) is 1. The van der Waals surface area contributed by atoms with E-state index in [-0.39, 0.29) is 17.9 Å². The molecule has 96 valence electrons. The molecule has 1 amide bonds. The van der Waals surface area contributed by atoms with Gasteiger partial charge < -0.3 is 10.4 Å². The van der Waals surface area contributed by atoms with Gasteiger partial charge in [0.25, 0.3) is 5.91 Å². The Morgan fingerprint density at radius 1 is 1.44 bits per heavy atom. The lowest BCUT2D eigenvalue weighted by Gasteiger charge is -2.12. The van der Waals surface area contributed by atoms with Crippen molar-refractivity contribution in [1.29, 1.82) is 0 Å². The van der Waals surface area contributed by atoms with Crippen LogP contribution in [0.25, 0.3) is 0 Å². The number of nitrogens with zero attached hydrogens (tertiary/aromatic N) is 1. The zero-order chi connectivity index (χ0) is 13.1. The maximum Gasteiger partial charge on any atom is 0.306 e. The average Bonchev–Trinajstić information content (AvgIpc) is 2.78. The molecule has 1 aliphatic carbocycles. The summed E-state index contributed by atoms with van der Waals surface area (Å²) in [6.45, 7) is 0. The molecule has 0 radical (unpaired) electrons. The van der Waals surface area contributed by atoms with Crippen molar-refractivity contribution in [3.8, 4) is 0 Å². The lowest BCUT2D eigenvalue weighted by Crippen LogP contribution is -2.33. The van der Waals surface area contributed by atoms with Crippen molar-refractivity contribution < 1.29 is 14.7 Å². The van der Waals surface area contributed by atoms with Crippen LogP contribution in [0.1, 0.15) is 29.6 Å². The maximum atomic E-state index is 12.0. The standard InChI is InChI=1S/C12H13BrN2O3/c13-10-9(2-1-5-14-10)11(16)15-8-4-3-7(6-8)12(17)18/h1-2,5,7-8H,3-4,6H2,(H,15,16)(H,17,18). The highest BCUT2D eigenvalue weighted by molar-refractivity contribution is 9.10. The first kappa shape index (κ1) is 13.0. The highest BCUT2D eigenvalue weighted by atomic mass is 79.9. The topological polar surface area (TPSA) is 79.3 Å². The number of hydrogen-bond acceptors (Lipinski definition) is 3. The molecule has 1 fully saturated rings. The fraction of sp³-hybridized carbons (Fsp3) is 0.417. The highest BCUT2D eigenvalue weighted by Crippen LogP contribution is 2.26. The molecular weight excluding hydrogens is 300 g/mol. The van der Waals surface area contributed by atoms with E-state index in [1.54, 1.807) is 18.3 Å². The summed E-state index contributed by atoms with van der Waals surface area (Å²) in [7, 11) is 0. The first-order chi connectivity index (χ1) is 8.58. The van der Waals surface area contributed by atoms with Crippen LogP contribution >= 0.6 is 15.9 Å². The number of carbonyl (C=O) groups is 2. The van der Waals surface area contributed by atoms with Gasteiger partial charge in [-0.2, -0.15) is 0 Å². The van der Waals surface area contributed by atoms with Crippen LogP contribution in [0.4, 0.5) is 0 Å². The molecule has 1 aromatic heterocycles. The minimum absolute atomic E-state index is 0.0642. The van der Waals surface area contributed by atoms with Crippen molar-refractivity contribution in [2.24, 2.45) is 5.92 Å². The molecule has 1 saturated carbocycles. The average molecular weight is 313 g/mol. The van der Waals surface area contributed by atoms with E-state index in [1.165, 1.54) is 0 Å². The normalized spacial score (nSPS) is 22.7. The molecular formula is C12H13BrN2O3. The maximum absolute atomic E-state index is 12.0. The van der Waals surface area contributed by atoms with Crippen LogP contribution in [0.2, 0.25) is 0 Å². The van der Waals surface area contributed by atoms with Gasteiger partial charge in [-0.1, -0.05) is 0 Å². The van der Waals surface area contributed by atoms with Crippen LogP contribution in [0.5, 0.6) is 0 Å². The number of nitrogens with one attached hydrogen (secondary N) is 1. The van der Waals surface area contributed by atoms with Crippen LogP contribution in [0.15, 0.2) is 22.9 Å². The molecule has 0 aromatic carbocycles. The molecule has 2 rings (SSSR count). The van der Waals surface area contributed by atoms with Crippen molar-refractivity contribution in [2.45, 2.75) is 25.3 Å². The van der Waals surface area contributed by atoms with Crippen LogP contribution in [0, 0.1) is 5.92 Å². The lowest BCUT2D eigenvalue weighted by atomic mass is 10.1. The molecule has 2 N–H and O–H groups in total. The highest BCUT2D eigenvalue weighted by Gasteiger charge is 2.30. The second kappa shape index (κ2) is 5.48. The summed E-state index contributed by atoms with van der Waals surface area (Å²) in [4.78, 5) is 26.8. The van der Waals surface area contributed by atoms with Gasteiger partial charge in [-0.15, -0.1) is 0 Å². The van der Waals surface area contributed by atoms with Crippen molar-refractivity contribution in [2.75, 3.05) is 0 Å². The first-order valence-corrected chi connectivity index (χ1v) is 6.51. The zero-order valence-corrected chi connectivity index (χ0v) is 11.2. The van der Waals surface area contributed by atoms with E-state index >= 15 is 0 Å². The van der Waals surface area contributed by atoms with Gasteiger partial charge in [0, 0.05) is 12.2 Å². The van der Waals surface area contributed by atoms with E-state index in [4.69, 9.17) is 5.11 Å². The predicted molar refractivity (Wildman–Crippen MR) is 68.2 cm³/mol. The summed E-state index contributed by atoms with van der Waals surface area (Å²) in [5.74, 6) is -1.34. The minimum Gasteiger partial charge on any atom is -0.481 e. The van der Waals surface area contributed by atoms with Crippen LogP contribution < -0.4 is 5.32 Å². The lowest BCUT2D eigenvalue weighted by molar-refractivity contribution is -0.141. The van der Waals surface area contributed by atoms with E-state index in [2.05, 4.69) is 26.2 Å². The molecule has 1 aromatic rings. The van der Waals surface area contributed by atoms with Gasteiger partial charge in [-0.25, -0.2) is 4.98 Å². The summed E-state index contributed by atoms with van der Waals surface area (Å²) in [5, 5.41) is 11.7. The Kier molecular flexibility index (Phi) is 3.96. The van der Waals surface area contributed by atoms with Gasteiger partial charge in [-0.05, 0) is 47.3 Å². The number of pyridine rings is 1. The fourth-order valence-electron chi connectivity index (χ4n) is 2.16. The number of aromatic nitrogens is 1. The molecule has 1 heterocycles. The molecule has 0 aliphatic heterocycles. The monoisotopic (exact) mass is 312 g/mol. The number of rotatable bonds is 3. The van der Waals surface area contributed by atoms with Gasteiger partial charge in [0.2, 0.25) is 0 Å². The largest absolute Gasteiger partial charge is 0.481 e. The number of carbonyl (C=O) groups excluding carboxylic acids is 1. The fourth-order valence-corrected chi connectivity index (χ4v) is 2.59. The van der Waals surface area contributed by atoms with Crippen LogP contribution in [0.3, 0.4) is 0 Å². The van der Waals surface area contributed by atoms with Crippen LogP contribution in [-0.4, -0.2) is 28.0 Å². The third-order valence-corrected chi connectivity index (χ3v) is 3.75. The predicted octanol–water partition coefficient (Wildman–Crippen LogP) is 1.83. The van der Waals surface area contributed by atoms with Gasteiger partial charge in [-0.3, -0.25) is 9.59 Å². The van der Waals surface area contributed by atoms with Crippen molar-refractivity contribution in [1.82, 2.24) is 10.3 Å². The van der Waals surface area contributed by atoms with E-state index in [9.17, 15) is 9.59 Å². The Hall–Kier alpha value is -1.43. The Morgan fingerprint density at radius 2 is 2.22 bits per heavy atom. The van der Waals surface area contributed by atoms with Gasteiger partial charge >= 0.3 is 5.97 Å². The smallest absolute Gasteiger partial charge is 0.306 e. The molecule has 0 bridgehead atoms. The second-order valence-corrected chi connectivity index (χ2v) is 5.11. The Bertz CT molecular complexity index is 478. The summed E-state index contributed by atoms with van der Waals surface area (Å²) in [6.07, 6.45) is 3.42. The molecule has 2 atom stereocenters. The van der Waals surface area contributed by atoms with E-state index < -0.39 is 5.97 Å². The van der Waals surface area contributed by atoms with Crippen molar-refractivity contribution in [3.05, 3.63) is 28.5 Å². The SMILES string of the molecule is O=C(NC1CCC(C(=O)O)C1)c1cccnc1Br. The number of aliphatic carboxylic acids is 1. The van der Waals surface area contributed by atoms with E-state index in [0.717, 1.165) is 0 Å².